The number of carboxylic acids is 3. The molecule has 5 rings (SSSR count). The largest absolute Gasteiger partial charge is 0.479 e. The number of aliphatic hydroxyl groups excluding tert-OH is 8. The fourth-order valence-corrected chi connectivity index (χ4v) is 9.59. The maximum Gasteiger partial charge on any atom is 0.397 e. The first-order valence-corrected chi connectivity index (χ1v) is 26.5. The number of carbonyl (C=O) groups is 4. The van der Waals surface area contributed by atoms with E-state index in [2.05, 4.69) is 17.9 Å². The molecule has 5 heterocycles. The second-order valence-corrected chi connectivity index (χ2v) is 21.0. The van der Waals surface area contributed by atoms with Crippen molar-refractivity contribution in [2.75, 3.05) is 13.2 Å². The monoisotopic (exact) mass is 1210 g/mol. The van der Waals surface area contributed by atoms with Crippen LogP contribution in [0.5, 0.6) is 0 Å². The van der Waals surface area contributed by atoms with E-state index < -0.39 is 225 Å². The Morgan fingerprint density at radius 3 is 1.42 bits per heavy atom. The zero-order chi connectivity index (χ0) is 58.2. The average molecular weight is 1210 g/mol. The van der Waals surface area contributed by atoms with Crippen molar-refractivity contribution in [3.63, 3.8) is 0 Å². The molecule has 1 amide bonds. The summed E-state index contributed by atoms with van der Waals surface area (Å²) in [6, 6.07) is -4.84. The van der Waals surface area contributed by atoms with Crippen LogP contribution in [0.3, 0.4) is 0 Å². The van der Waals surface area contributed by atoms with E-state index in [1.165, 1.54) is 4.72 Å². The number of hydrogen-bond donors (Lipinski definition) is 17. The van der Waals surface area contributed by atoms with E-state index in [4.69, 9.17) is 42.6 Å². The average Bonchev–Trinajstić information content (AvgIpc) is 3.28. The lowest BCUT2D eigenvalue weighted by molar-refractivity contribution is -0.372. The van der Waals surface area contributed by atoms with E-state index in [0.717, 1.165) is 6.92 Å². The summed E-state index contributed by atoms with van der Waals surface area (Å²) in [6.07, 6.45) is -53.1. The van der Waals surface area contributed by atoms with Crippen LogP contribution < -0.4 is 10.0 Å². The summed E-state index contributed by atoms with van der Waals surface area (Å²) in [5, 5.41) is 119. The summed E-state index contributed by atoms with van der Waals surface area (Å²) >= 11 is 0. The molecule has 5 aliphatic heterocycles. The lowest BCUT2D eigenvalue weighted by Crippen LogP contribution is -2.70. The molecule has 0 unspecified atom stereocenters. The molecule has 77 heavy (non-hydrogen) atoms. The minimum Gasteiger partial charge on any atom is -0.479 e. The molecule has 0 radical (unpaired) electrons. The van der Waals surface area contributed by atoms with Gasteiger partial charge in [0.25, 0.3) is 0 Å². The van der Waals surface area contributed by atoms with Crippen molar-refractivity contribution < 1.29 is 182 Å². The highest BCUT2D eigenvalue weighted by Crippen LogP contribution is 2.37. The molecule has 4 saturated heterocycles. The first-order chi connectivity index (χ1) is 35.3. The molecule has 23 atom stereocenters. The lowest BCUT2D eigenvalue weighted by atomic mass is 9.94. The second-order valence-electron chi connectivity index (χ2n) is 16.6. The second kappa shape index (κ2) is 25.0. The van der Waals surface area contributed by atoms with Gasteiger partial charge in [-0.2, -0.15) is 38.4 Å². The first kappa shape index (κ1) is 64.1. The van der Waals surface area contributed by atoms with E-state index in [-0.39, 0.29) is 0 Å². The number of rotatable bonds is 22. The Morgan fingerprint density at radius 1 is 0.532 bits per heavy atom. The lowest BCUT2D eigenvalue weighted by Gasteiger charge is -2.50. The van der Waals surface area contributed by atoms with Gasteiger partial charge in [0, 0.05) is 6.92 Å². The summed E-state index contributed by atoms with van der Waals surface area (Å²) in [5.74, 6) is -8.56. The van der Waals surface area contributed by atoms with Gasteiger partial charge in [-0.15, -0.1) is 0 Å². The summed E-state index contributed by atoms with van der Waals surface area (Å²) < 4.78 is 194. The third-order valence-electron chi connectivity index (χ3n) is 11.1. The number of nitrogens with one attached hydrogen (secondary N) is 2. The Kier molecular flexibility index (Phi) is 20.8. The van der Waals surface area contributed by atoms with Crippen molar-refractivity contribution in [1.82, 2.24) is 10.0 Å². The molecule has 0 spiro atoms. The molecule has 0 bridgehead atoms. The van der Waals surface area contributed by atoms with Gasteiger partial charge in [-0.05, 0) is 6.08 Å². The van der Waals surface area contributed by atoms with Crippen LogP contribution in [-0.2, 0) is 116 Å². The van der Waals surface area contributed by atoms with Crippen LogP contribution in [0.25, 0.3) is 0 Å². The Bertz CT molecular complexity index is 2620. The molecule has 5 aliphatic rings. The molecule has 0 saturated carbocycles. The maximum atomic E-state index is 12.8. The minimum absolute atomic E-state index is 0.300. The van der Waals surface area contributed by atoms with Gasteiger partial charge in [-0.25, -0.2) is 26.9 Å². The van der Waals surface area contributed by atoms with Crippen molar-refractivity contribution in [2.45, 2.75) is 148 Å². The Morgan fingerprint density at radius 2 is 0.974 bits per heavy atom. The van der Waals surface area contributed by atoms with Gasteiger partial charge in [0.1, 0.15) is 91.4 Å². The van der Waals surface area contributed by atoms with Crippen LogP contribution in [0.2, 0.25) is 0 Å². The Balaban J connectivity index is 1.48. The van der Waals surface area contributed by atoms with Crippen molar-refractivity contribution >= 4 is 65.3 Å². The number of carboxylic acid groups (broad SMARTS) is 3. The highest BCUT2D eigenvalue weighted by Gasteiger charge is 2.59. The Hall–Kier alpha value is -3.74. The standard InChI is InChI=1S/C32H48N2O39S4/c1-5(35)33-10-12(37)19(8(3-62-75(53,54)55)65-29(10)70-21-14(39)16(41)28(49)67-23(21)26(45)46)68-31-17(42)15(40)22(24(72-31)27(47)48)71-30-11(34-74(50,51)52)13(38)20(9(66-30)4-63-76(56,57)58)69-32-18(73-77(59,60)61)6(36)2-7(64-32)25(43)44/h2,6,8-24,28-32,34,36-42,49H,3-4H2,1H3,(H,33,35)(H,43,44)(H,45,46)(H,47,48)(H,50,51,52)(H,53,54,55)(H,56,57,58)(H,59,60,61)/t6-,8+,9+,10+,11+,12+,13+,14+,15+,16+,17+,18+,19+,20+,21-,22-,23-,24+,28+,29+,30+,31+,32-/m0/s1. The molecule has 0 aromatic heterocycles. The van der Waals surface area contributed by atoms with Crippen LogP contribution in [0.1, 0.15) is 6.92 Å². The molecular formula is C32H48N2O39S4. The van der Waals surface area contributed by atoms with Crippen LogP contribution in [0.15, 0.2) is 11.8 Å². The summed E-state index contributed by atoms with van der Waals surface area (Å²) in [5.41, 5.74) is 0. The summed E-state index contributed by atoms with van der Waals surface area (Å²) in [7, 11) is -22.5. The zero-order valence-electron chi connectivity index (χ0n) is 37.9. The fraction of sp³-hybridized carbons (Fsp3) is 0.812. The number of amides is 1. The van der Waals surface area contributed by atoms with E-state index in [0.29, 0.717) is 6.08 Å². The fourth-order valence-electron chi connectivity index (χ4n) is 7.90. The van der Waals surface area contributed by atoms with E-state index in [1.54, 1.807) is 0 Å². The third-order valence-corrected chi connectivity index (χ3v) is 13.0. The molecule has 45 heteroatoms. The molecule has 17 N–H and O–H groups in total. The van der Waals surface area contributed by atoms with Gasteiger partial charge in [0.2, 0.25) is 18.0 Å². The molecule has 0 aliphatic carbocycles. The number of ether oxygens (including phenoxy) is 9. The van der Waals surface area contributed by atoms with Crippen molar-refractivity contribution in [3.8, 4) is 0 Å². The molecule has 444 valence electrons. The molecule has 0 aromatic rings. The summed E-state index contributed by atoms with van der Waals surface area (Å²) in [4.78, 5) is 48.9. The van der Waals surface area contributed by atoms with Gasteiger partial charge in [0.05, 0.1) is 13.2 Å². The number of hydrogen-bond acceptors (Lipinski definition) is 32. The van der Waals surface area contributed by atoms with Gasteiger partial charge in [-0.3, -0.25) is 23.0 Å². The van der Waals surface area contributed by atoms with Crippen LogP contribution >= 0.6 is 0 Å². The van der Waals surface area contributed by atoms with Crippen molar-refractivity contribution in [1.29, 1.82) is 0 Å². The zero-order valence-corrected chi connectivity index (χ0v) is 41.2. The minimum atomic E-state index is -5.71. The highest BCUT2D eigenvalue weighted by molar-refractivity contribution is 7.83. The van der Waals surface area contributed by atoms with Gasteiger partial charge in [0.15, 0.2) is 43.5 Å². The van der Waals surface area contributed by atoms with Crippen molar-refractivity contribution in [3.05, 3.63) is 11.8 Å². The van der Waals surface area contributed by atoms with Crippen LogP contribution in [0.4, 0.5) is 0 Å². The van der Waals surface area contributed by atoms with Crippen molar-refractivity contribution in [2.24, 2.45) is 0 Å². The molecular weight excluding hydrogens is 1160 g/mol. The van der Waals surface area contributed by atoms with Gasteiger partial charge >= 0.3 is 59.4 Å². The van der Waals surface area contributed by atoms with Crippen LogP contribution in [0, 0.1) is 0 Å². The third kappa shape index (κ3) is 16.7. The number of carbonyl (C=O) groups excluding carboxylic acids is 1. The number of aliphatic hydroxyl groups is 8. The van der Waals surface area contributed by atoms with Gasteiger partial charge < -0.3 is 104 Å². The molecule has 0 aromatic carbocycles. The normalized spacial score (nSPS) is 40.4. The topological polar surface area (TPSA) is 643 Å². The predicted molar refractivity (Wildman–Crippen MR) is 222 cm³/mol. The van der Waals surface area contributed by atoms with Crippen LogP contribution in [-0.4, -0.2) is 286 Å². The summed E-state index contributed by atoms with van der Waals surface area (Å²) in [6.45, 7) is -2.35. The SMILES string of the molecule is CC(=O)N[C@H]1[C@@H](O[C@H]2[C@H](O)[C@@H](O)[C@H](O)O[C@@H]2C(=O)O)O[C@H](COS(=O)(=O)O)[C@@H](O[C@@H]2O[C@@H](C(=O)O)[C@@H](O[C@H]3O[C@H](COS(=O)(=O)O)[C@@H](O[C@@H]4OC(C(=O)O)=C[C@H](O)[C@H]4OS(=O)(=O)O)[C@H](O)[C@H]3NS(=O)(=O)O)[C@H](O)[C@H]2O)[C@@H]1O. The maximum absolute atomic E-state index is 12.8. The number of aliphatic carboxylic acids is 3. The first-order valence-electron chi connectivity index (χ1n) is 20.9. The Labute approximate surface area is 429 Å². The van der Waals surface area contributed by atoms with E-state index in [1.807, 2.05) is 0 Å². The highest BCUT2D eigenvalue weighted by atomic mass is 32.3. The van der Waals surface area contributed by atoms with E-state index >= 15 is 0 Å². The quantitative estimate of drug-likeness (QED) is 0.0448. The smallest absolute Gasteiger partial charge is 0.397 e. The predicted octanol–water partition coefficient (Wildman–Crippen LogP) is -11.5. The molecule has 4 fully saturated rings. The van der Waals surface area contributed by atoms with Gasteiger partial charge in [-0.1, -0.05) is 0 Å². The van der Waals surface area contributed by atoms with E-state index in [9.17, 15) is 127 Å². The molecule has 41 nitrogen and oxygen atoms in total.